The van der Waals surface area contributed by atoms with Crippen LogP contribution in [0.1, 0.15) is 37.4 Å². The molecule has 1 aliphatic carbocycles. The summed E-state index contributed by atoms with van der Waals surface area (Å²) in [5, 5.41) is 0. The van der Waals surface area contributed by atoms with Crippen molar-refractivity contribution in [3.05, 3.63) is 35.6 Å². The molecule has 3 aliphatic rings. The lowest BCUT2D eigenvalue weighted by Gasteiger charge is -2.38. The third-order valence-corrected chi connectivity index (χ3v) is 5.70. The van der Waals surface area contributed by atoms with Crippen LogP contribution in [0, 0.1) is 17.7 Å². The minimum Gasteiger partial charge on any atom is -0.370 e. The average molecular weight is 360 g/mol. The highest BCUT2D eigenvalue weighted by molar-refractivity contribution is 5.82. The molecule has 6 heteroatoms. The molecule has 4 rings (SSSR count). The Morgan fingerprint density at radius 2 is 1.50 bits per heavy atom. The molecule has 0 radical (unpaired) electrons. The van der Waals surface area contributed by atoms with Crippen molar-refractivity contribution in [2.24, 2.45) is 11.8 Å². The number of amides is 2. The van der Waals surface area contributed by atoms with Gasteiger partial charge in [0.05, 0.1) is 13.2 Å². The molecule has 0 N–H and O–H groups in total. The van der Waals surface area contributed by atoms with Gasteiger partial charge < -0.3 is 14.5 Å². The molecular weight excluding hydrogens is 335 g/mol. The fourth-order valence-corrected chi connectivity index (χ4v) is 3.92. The Morgan fingerprint density at radius 3 is 2.15 bits per heavy atom. The zero-order valence-corrected chi connectivity index (χ0v) is 14.9. The van der Waals surface area contributed by atoms with E-state index in [4.69, 9.17) is 4.74 Å². The van der Waals surface area contributed by atoms with Crippen molar-refractivity contribution in [3.8, 4) is 0 Å². The summed E-state index contributed by atoms with van der Waals surface area (Å²) in [5.41, 5.74) is 0.897. The van der Waals surface area contributed by atoms with Crippen LogP contribution in [0.5, 0.6) is 0 Å². The number of nitrogens with zero attached hydrogens (tertiary/aromatic N) is 2. The largest absolute Gasteiger partial charge is 0.370 e. The molecule has 5 nitrogen and oxygen atoms in total. The van der Waals surface area contributed by atoms with Crippen LogP contribution >= 0.6 is 0 Å². The fraction of sp³-hybridized carbons (Fsp3) is 0.600. The molecule has 0 bridgehead atoms. The summed E-state index contributed by atoms with van der Waals surface area (Å²) in [4.78, 5) is 28.9. The van der Waals surface area contributed by atoms with Gasteiger partial charge in [-0.15, -0.1) is 0 Å². The average Bonchev–Trinajstić information content (AvgIpc) is 3.53. The van der Waals surface area contributed by atoms with E-state index in [9.17, 15) is 14.0 Å². The smallest absolute Gasteiger partial charge is 0.225 e. The van der Waals surface area contributed by atoms with E-state index in [0.717, 1.165) is 31.2 Å². The van der Waals surface area contributed by atoms with E-state index in [-0.39, 0.29) is 35.6 Å². The van der Waals surface area contributed by atoms with Gasteiger partial charge in [-0.2, -0.15) is 0 Å². The summed E-state index contributed by atoms with van der Waals surface area (Å²) in [5.74, 6) is 0.408. The standard InChI is InChI=1S/C20H25FN2O3/c21-17-5-3-14(4-6-17)18-13-23(11-12-26-18)20(25)16-7-9-22(10-8-16)19(24)15-1-2-15/h3-6,15-16,18H,1-2,7-13H2. The van der Waals surface area contributed by atoms with Gasteiger partial charge in [0, 0.05) is 31.5 Å². The summed E-state index contributed by atoms with van der Waals surface area (Å²) in [7, 11) is 0. The van der Waals surface area contributed by atoms with Gasteiger partial charge in [0.25, 0.3) is 0 Å². The molecule has 1 unspecified atom stereocenters. The lowest BCUT2D eigenvalue weighted by molar-refractivity contribution is -0.147. The van der Waals surface area contributed by atoms with Gasteiger partial charge in [-0.3, -0.25) is 9.59 Å². The van der Waals surface area contributed by atoms with Crippen LogP contribution in [0.25, 0.3) is 0 Å². The Balaban J connectivity index is 1.33. The number of carbonyl (C=O) groups is 2. The summed E-state index contributed by atoms with van der Waals surface area (Å²) in [6, 6.07) is 6.28. The highest BCUT2D eigenvalue weighted by Gasteiger charge is 2.37. The molecule has 2 amide bonds. The lowest BCUT2D eigenvalue weighted by Crippen LogP contribution is -2.48. The van der Waals surface area contributed by atoms with Crippen LogP contribution in [0.3, 0.4) is 0 Å². The van der Waals surface area contributed by atoms with Crippen molar-refractivity contribution in [1.29, 1.82) is 0 Å². The molecular formula is C20H25FN2O3. The van der Waals surface area contributed by atoms with Crippen LogP contribution in [0.2, 0.25) is 0 Å². The quantitative estimate of drug-likeness (QED) is 0.832. The molecule has 0 aromatic heterocycles. The van der Waals surface area contributed by atoms with E-state index < -0.39 is 0 Å². The van der Waals surface area contributed by atoms with Crippen LogP contribution in [0.15, 0.2) is 24.3 Å². The first-order valence-corrected chi connectivity index (χ1v) is 9.56. The maximum absolute atomic E-state index is 13.1. The Labute approximate surface area is 153 Å². The second-order valence-electron chi connectivity index (χ2n) is 7.57. The van der Waals surface area contributed by atoms with Crippen LogP contribution in [-0.2, 0) is 14.3 Å². The molecule has 2 aliphatic heterocycles. The number of rotatable bonds is 3. The van der Waals surface area contributed by atoms with Gasteiger partial charge in [-0.05, 0) is 43.4 Å². The highest BCUT2D eigenvalue weighted by atomic mass is 19.1. The maximum atomic E-state index is 13.1. The maximum Gasteiger partial charge on any atom is 0.225 e. The zero-order chi connectivity index (χ0) is 18.1. The van der Waals surface area contributed by atoms with Crippen molar-refractivity contribution >= 4 is 11.8 Å². The molecule has 2 heterocycles. The molecule has 26 heavy (non-hydrogen) atoms. The van der Waals surface area contributed by atoms with E-state index in [1.165, 1.54) is 12.1 Å². The SMILES string of the molecule is O=C(C1CC1)N1CCC(C(=O)N2CCOC(c3ccc(F)cc3)C2)CC1. The second kappa shape index (κ2) is 7.35. The lowest BCUT2D eigenvalue weighted by atomic mass is 9.94. The van der Waals surface area contributed by atoms with Crippen LogP contribution in [-0.4, -0.2) is 54.4 Å². The van der Waals surface area contributed by atoms with Gasteiger partial charge in [0.1, 0.15) is 11.9 Å². The Hall–Kier alpha value is -1.95. The summed E-state index contributed by atoms with van der Waals surface area (Å²) in [6.07, 6.45) is 3.34. The van der Waals surface area contributed by atoms with Crippen LogP contribution in [0.4, 0.5) is 4.39 Å². The van der Waals surface area contributed by atoms with Gasteiger partial charge >= 0.3 is 0 Å². The van der Waals surface area contributed by atoms with E-state index in [1.54, 1.807) is 12.1 Å². The second-order valence-corrected chi connectivity index (χ2v) is 7.57. The topological polar surface area (TPSA) is 49.9 Å². The molecule has 140 valence electrons. The molecule has 2 saturated heterocycles. The number of likely N-dealkylation sites (tertiary alicyclic amines) is 1. The molecule has 1 saturated carbocycles. The molecule has 3 fully saturated rings. The molecule has 1 atom stereocenters. The van der Waals surface area contributed by atoms with Crippen LogP contribution < -0.4 is 0 Å². The minimum atomic E-state index is -0.273. The first kappa shape index (κ1) is 17.5. The Bertz CT molecular complexity index is 666. The van der Waals surface area contributed by atoms with E-state index in [0.29, 0.717) is 32.8 Å². The minimum absolute atomic E-state index is 0.00905. The molecule has 1 aromatic rings. The third kappa shape index (κ3) is 3.75. The van der Waals surface area contributed by atoms with Gasteiger partial charge in [-0.1, -0.05) is 12.1 Å². The van der Waals surface area contributed by atoms with Crippen molar-refractivity contribution in [2.75, 3.05) is 32.8 Å². The first-order chi connectivity index (χ1) is 12.6. The summed E-state index contributed by atoms with van der Waals surface area (Å²) in [6.45, 7) is 2.98. The normalized spacial score (nSPS) is 24.6. The van der Waals surface area contributed by atoms with Gasteiger partial charge in [0.2, 0.25) is 11.8 Å². The number of halogens is 1. The number of benzene rings is 1. The van der Waals surface area contributed by atoms with Crippen molar-refractivity contribution in [3.63, 3.8) is 0 Å². The number of hydrogen-bond donors (Lipinski definition) is 0. The first-order valence-electron chi connectivity index (χ1n) is 9.56. The third-order valence-electron chi connectivity index (χ3n) is 5.70. The number of morpholine rings is 1. The van der Waals surface area contributed by atoms with E-state index in [1.807, 2.05) is 9.80 Å². The van der Waals surface area contributed by atoms with Gasteiger partial charge in [-0.25, -0.2) is 4.39 Å². The summed E-state index contributed by atoms with van der Waals surface area (Å²) < 4.78 is 18.9. The molecule has 0 spiro atoms. The predicted molar refractivity (Wildman–Crippen MR) is 93.7 cm³/mol. The van der Waals surface area contributed by atoms with Crippen molar-refractivity contribution in [1.82, 2.24) is 9.80 Å². The van der Waals surface area contributed by atoms with E-state index in [2.05, 4.69) is 0 Å². The number of ether oxygens (including phenoxy) is 1. The number of piperidine rings is 1. The highest BCUT2D eigenvalue weighted by Crippen LogP contribution is 2.33. The Morgan fingerprint density at radius 1 is 0.885 bits per heavy atom. The monoisotopic (exact) mass is 360 g/mol. The number of hydrogen-bond acceptors (Lipinski definition) is 3. The van der Waals surface area contributed by atoms with E-state index >= 15 is 0 Å². The van der Waals surface area contributed by atoms with Crippen molar-refractivity contribution in [2.45, 2.75) is 31.8 Å². The van der Waals surface area contributed by atoms with Crippen molar-refractivity contribution < 1.29 is 18.7 Å². The summed E-state index contributed by atoms with van der Waals surface area (Å²) >= 11 is 0. The van der Waals surface area contributed by atoms with Gasteiger partial charge in [0.15, 0.2) is 0 Å². The zero-order valence-electron chi connectivity index (χ0n) is 14.9. The predicted octanol–water partition coefficient (Wildman–Crippen LogP) is 2.37. The Kier molecular flexibility index (Phi) is 4.94. The number of carbonyl (C=O) groups excluding carboxylic acids is 2. The molecule has 1 aromatic carbocycles. The fourth-order valence-electron chi connectivity index (χ4n) is 3.92.